The summed E-state index contributed by atoms with van der Waals surface area (Å²) in [5, 5.41) is 2.62. The van der Waals surface area contributed by atoms with E-state index in [0.29, 0.717) is 19.0 Å². The molecule has 0 aliphatic rings. The highest BCUT2D eigenvalue weighted by atomic mass is 16.1. The quantitative estimate of drug-likeness (QED) is 0.621. The van der Waals surface area contributed by atoms with Crippen molar-refractivity contribution in [3.8, 4) is 12.3 Å². The zero-order chi connectivity index (χ0) is 10.3. The number of rotatable bonds is 5. The van der Waals surface area contributed by atoms with Crippen molar-refractivity contribution in [1.82, 2.24) is 10.2 Å². The fraction of sp³-hybridized carbons (Fsp3) is 0.700. The van der Waals surface area contributed by atoms with Gasteiger partial charge in [-0.3, -0.25) is 9.69 Å². The molecule has 0 rings (SSSR count). The Bertz CT molecular complexity index is 194. The smallest absolute Gasteiger partial charge is 0.234 e. The highest BCUT2D eigenvalue weighted by Gasteiger charge is 2.06. The first-order valence-electron chi connectivity index (χ1n) is 4.45. The van der Waals surface area contributed by atoms with E-state index in [1.165, 1.54) is 0 Å². The molecule has 74 valence electrons. The molecule has 3 nitrogen and oxygen atoms in total. The number of terminal acetylenes is 1. The van der Waals surface area contributed by atoms with Gasteiger partial charge in [-0.25, -0.2) is 0 Å². The summed E-state index contributed by atoms with van der Waals surface area (Å²) in [5.74, 6) is 2.92. The third kappa shape index (κ3) is 7.35. The Morgan fingerprint density at radius 3 is 2.69 bits per heavy atom. The van der Waals surface area contributed by atoms with Gasteiger partial charge in [-0.15, -0.1) is 6.42 Å². The van der Waals surface area contributed by atoms with Crippen LogP contribution in [0.25, 0.3) is 0 Å². The summed E-state index contributed by atoms with van der Waals surface area (Å²) in [6, 6.07) is 0. The van der Waals surface area contributed by atoms with Gasteiger partial charge in [0.05, 0.1) is 13.1 Å². The Morgan fingerprint density at radius 2 is 2.23 bits per heavy atom. The van der Waals surface area contributed by atoms with Crippen LogP contribution in [0, 0.1) is 18.3 Å². The first kappa shape index (κ1) is 12.0. The second-order valence-electron chi connectivity index (χ2n) is 3.57. The molecule has 1 amide bonds. The largest absolute Gasteiger partial charge is 0.344 e. The van der Waals surface area contributed by atoms with Crippen molar-refractivity contribution in [3.63, 3.8) is 0 Å². The van der Waals surface area contributed by atoms with Gasteiger partial charge in [0.1, 0.15) is 0 Å². The van der Waals surface area contributed by atoms with Crippen LogP contribution in [0.4, 0.5) is 0 Å². The van der Waals surface area contributed by atoms with Gasteiger partial charge in [0.15, 0.2) is 0 Å². The second-order valence-corrected chi connectivity index (χ2v) is 3.57. The molecule has 0 aromatic carbocycles. The molecule has 0 aliphatic heterocycles. The third-order valence-corrected chi connectivity index (χ3v) is 1.48. The van der Waals surface area contributed by atoms with Gasteiger partial charge in [-0.1, -0.05) is 19.8 Å². The first-order chi connectivity index (χ1) is 6.06. The molecule has 0 radical (unpaired) electrons. The van der Waals surface area contributed by atoms with Crippen molar-refractivity contribution in [3.05, 3.63) is 0 Å². The van der Waals surface area contributed by atoms with Crippen molar-refractivity contribution >= 4 is 5.91 Å². The van der Waals surface area contributed by atoms with E-state index in [-0.39, 0.29) is 5.91 Å². The van der Waals surface area contributed by atoms with Crippen LogP contribution in [0.3, 0.4) is 0 Å². The molecular weight excluding hydrogens is 164 g/mol. The van der Waals surface area contributed by atoms with E-state index in [4.69, 9.17) is 6.42 Å². The third-order valence-electron chi connectivity index (χ3n) is 1.48. The number of amides is 1. The SMILES string of the molecule is C#CCNC(=O)CN(C)CC(C)C. The highest BCUT2D eigenvalue weighted by Crippen LogP contribution is 1.94. The van der Waals surface area contributed by atoms with Crippen molar-refractivity contribution < 1.29 is 4.79 Å². The van der Waals surface area contributed by atoms with E-state index >= 15 is 0 Å². The van der Waals surface area contributed by atoms with Crippen LogP contribution >= 0.6 is 0 Å². The van der Waals surface area contributed by atoms with Gasteiger partial charge in [-0.05, 0) is 13.0 Å². The zero-order valence-electron chi connectivity index (χ0n) is 8.63. The molecule has 0 bridgehead atoms. The molecule has 13 heavy (non-hydrogen) atoms. The lowest BCUT2D eigenvalue weighted by atomic mass is 10.2. The van der Waals surface area contributed by atoms with E-state index in [1.807, 2.05) is 11.9 Å². The minimum Gasteiger partial charge on any atom is -0.344 e. The summed E-state index contributed by atoms with van der Waals surface area (Å²) < 4.78 is 0. The molecule has 0 saturated carbocycles. The molecule has 0 aromatic rings. The number of hydrogen-bond donors (Lipinski definition) is 1. The Balaban J connectivity index is 3.60. The molecule has 0 aromatic heterocycles. The number of likely N-dealkylation sites (N-methyl/N-ethyl adjacent to an activating group) is 1. The van der Waals surface area contributed by atoms with E-state index in [9.17, 15) is 4.79 Å². The normalized spacial score (nSPS) is 10.2. The summed E-state index contributed by atoms with van der Waals surface area (Å²) in [6.07, 6.45) is 5.01. The Hall–Kier alpha value is -1.01. The van der Waals surface area contributed by atoms with E-state index < -0.39 is 0 Å². The number of hydrogen-bond acceptors (Lipinski definition) is 2. The van der Waals surface area contributed by atoms with Crippen LogP contribution in [-0.2, 0) is 4.79 Å². The lowest BCUT2D eigenvalue weighted by Gasteiger charge is -2.17. The lowest BCUT2D eigenvalue weighted by molar-refractivity contribution is -0.121. The molecule has 0 spiro atoms. The topological polar surface area (TPSA) is 32.3 Å². The molecule has 0 aliphatic carbocycles. The summed E-state index contributed by atoms with van der Waals surface area (Å²) in [5.41, 5.74) is 0. The Kier molecular flexibility index (Phi) is 5.99. The average molecular weight is 182 g/mol. The van der Waals surface area contributed by atoms with Crippen molar-refractivity contribution in [2.75, 3.05) is 26.7 Å². The molecule has 1 N–H and O–H groups in total. The number of nitrogens with zero attached hydrogens (tertiary/aromatic N) is 1. The predicted molar refractivity (Wildman–Crippen MR) is 54.2 cm³/mol. The minimum atomic E-state index is -0.0129. The van der Waals surface area contributed by atoms with E-state index in [2.05, 4.69) is 25.1 Å². The summed E-state index contributed by atoms with van der Waals surface area (Å²) in [7, 11) is 1.93. The van der Waals surface area contributed by atoms with Gasteiger partial charge in [0.2, 0.25) is 5.91 Å². The van der Waals surface area contributed by atoms with Gasteiger partial charge < -0.3 is 5.32 Å². The standard InChI is InChI=1S/C10H18N2O/c1-5-6-11-10(13)8-12(4)7-9(2)3/h1,9H,6-8H2,2-4H3,(H,11,13). The van der Waals surface area contributed by atoms with Gasteiger partial charge in [-0.2, -0.15) is 0 Å². The number of nitrogens with one attached hydrogen (secondary N) is 1. The van der Waals surface area contributed by atoms with Gasteiger partial charge in [0, 0.05) is 6.54 Å². The van der Waals surface area contributed by atoms with Gasteiger partial charge in [0.25, 0.3) is 0 Å². The molecular formula is C10H18N2O. The Labute approximate surface area is 80.5 Å². The van der Waals surface area contributed by atoms with Crippen LogP contribution in [0.2, 0.25) is 0 Å². The summed E-state index contributed by atoms with van der Waals surface area (Å²) >= 11 is 0. The molecule has 0 fully saturated rings. The molecule has 0 heterocycles. The maximum Gasteiger partial charge on any atom is 0.234 e. The number of carbonyl (C=O) groups excluding carboxylic acids is 1. The van der Waals surface area contributed by atoms with Crippen molar-refractivity contribution in [2.45, 2.75) is 13.8 Å². The fourth-order valence-electron chi connectivity index (χ4n) is 1.14. The van der Waals surface area contributed by atoms with E-state index in [0.717, 1.165) is 6.54 Å². The summed E-state index contributed by atoms with van der Waals surface area (Å²) in [6.45, 7) is 5.89. The van der Waals surface area contributed by atoms with Crippen LogP contribution in [0.1, 0.15) is 13.8 Å². The van der Waals surface area contributed by atoms with Crippen LogP contribution < -0.4 is 5.32 Å². The van der Waals surface area contributed by atoms with Crippen molar-refractivity contribution in [2.24, 2.45) is 5.92 Å². The lowest BCUT2D eigenvalue weighted by Crippen LogP contribution is -2.36. The predicted octanol–water partition coefficient (Wildman–Crippen LogP) is 0.324. The van der Waals surface area contributed by atoms with Gasteiger partial charge >= 0.3 is 0 Å². The van der Waals surface area contributed by atoms with Crippen molar-refractivity contribution in [1.29, 1.82) is 0 Å². The fourth-order valence-corrected chi connectivity index (χ4v) is 1.14. The average Bonchev–Trinajstić information content (AvgIpc) is 1.98. The molecule has 3 heteroatoms. The minimum absolute atomic E-state index is 0.0129. The first-order valence-corrected chi connectivity index (χ1v) is 4.45. The highest BCUT2D eigenvalue weighted by molar-refractivity contribution is 5.78. The van der Waals surface area contributed by atoms with E-state index in [1.54, 1.807) is 0 Å². The number of carbonyl (C=O) groups is 1. The second kappa shape index (κ2) is 6.50. The maximum absolute atomic E-state index is 11.1. The van der Waals surface area contributed by atoms with Crippen LogP contribution in [0.5, 0.6) is 0 Å². The molecule has 0 unspecified atom stereocenters. The monoisotopic (exact) mass is 182 g/mol. The van der Waals surface area contributed by atoms with Crippen LogP contribution in [0.15, 0.2) is 0 Å². The maximum atomic E-state index is 11.1. The zero-order valence-corrected chi connectivity index (χ0v) is 8.63. The molecule has 0 saturated heterocycles. The Morgan fingerprint density at radius 1 is 1.62 bits per heavy atom. The summed E-state index contributed by atoms with van der Waals surface area (Å²) in [4.78, 5) is 13.1. The van der Waals surface area contributed by atoms with Crippen LogP contribution in [-0.4, -0.2) is 37.5 Å². The molecule has 0 atom stereocenters.